The van der Waals surface area contributed by atoms with Gasteiger partial charge in [0.15, 0.2) is 0 Å². The third-order valence-corrected chi connectivity index (χ3v) is 5.27. The van der Waals surface area contributed by atoms with E-state index in [4.69, 9.17) is 4.42 Å². The van der Waals surface area contributed by atoms with Gasteiger partial charge in [-0.1, -0.05) is 27.7 Å². The third kappa shape index (κ3) is 4.56. The summed E-state index contributed by atoms with van der Waals surface area (Å²) in [6.07, 6.45) is 2.80. The summed E-state index contributed by atoms with van der Waals surface area (Å²) in [6, 6.07) is 3.57. The molecule has 5 nitrogen and oxygen atoms in total. The smallest absolute Gasteiger partial charge is 0.274 e. The lowest BCUT2D eigenvalue weighted by molar-refractivity contribution is 0.369. The Bertz CT molecular complexity index is 575. The monoisotopic (exact) mass is 314 g/mol. The molecular formula is C15H26N2O3S. The second-order valence-corrected chi connectivity index (χ2v) is 8.63. The van der Waals surface area contributed by atoms with E-state index < -0.39 is 10.0 Å². The van der Waals surface area contributed by atoms with Crippen LogP contribution in [0, 0.1) is 5.41 Å². The molecule has 1 aromatic rings. The number of furan rings is 1. The average molecular weight is 314 g/mol. The molecule has 1 aliphatic rings. The lowest BCUT2D eigenvalue weighted by Gasteiger charge is -2.17. The Morgan fingerprint density at radius 1 is 1.38 bits per heavy atom. The van der Waals surface area contributed by atoms with Crippen molar-refractivity contribution in [3.63, 3.8) is 0 Å². The van der Waals surface area contributed by atoms with Crippen molar-refractivity contribution in [3.05, 3.63) is 17.9 Å². The Hall–Kier alpha value is -0.850. The van der Waals surface area contributed by atoms with Gasteiger partial charge in [0.1, 0.15) is 5.76 Å². The van der Waals surface area contributed by atoms with Gasteiger partial charge in [0.05, 0.1) is 6.54 Å². The molecule has 0 spiro atoms. The van der Waals surface area contributed by atoms with E-state index in [-0.39, 0.29) is 16.5 Å². The van der Waals surface area contributed by atoms with Gasteiger partial charge in [-0.15, -0.1) is 0 Å². The molecular weight excluding hydrogens is 288 g/mol. The van der Waals surface area contributed by atoms with Crippen LogP contribution in [-0.4, -0.2) is 20.5 Å². The third-order valence-electron chi connectivity index (χ3n) is 3.88. The molecule has 0 saturated heterocycles. The van der Waals surface area contributed by atoms with E-state index in [1.54, 1.807) is 6.07 Å². The van der Waals surface area contributed by atoms with Crippen LogP contribution in [0.4, 0.5) is 0 Å². The summed E-state index contributed by atoms with van der Waals surface area (Å²) in [5, 5.41) is 3.21. The molecule has 21 heavy (non-hydrogen) atoms. The Morgan fingerprint density at radius 3 is 2.67 bits per heavy atom. The Balaban J connectivity index is 2.00. The molecule has 2 N–H and O–H groups in total. The maximum Gasteiger partial charge on any atom is 0.274 e. The lowest BCUT2D eigenvalue weighted by Crippen LogP contribution is -2.33. The van der Waals surface area contributed by atoms with Gasteiger partial charge in [-0.2, -0.15) is 0 Å². The van der Waals surface area contributed by atoms with Crippen LogP contribution in [0.5, 0.6) is 0 Å². The van der Waals surface area contributed by atoms with E-state index in [9.17, 15) is 8.42 Å². The standard InChI is InChI=1S/C15H26N2O3S/c1-11(2)16-10-13-5-6-14(20-13)21(18,19)17-12-7-8-15(3,4)9-12/h5-6,11-12,16-17H,7-10H2,1-4H3. The van der Waals surface area contributed by atoms with Crippen LogP contribution in [0.3, 0.4) is 0 Å². The highest BCUT2D eigenvalue weighted by Crippen LogP contribution is 2.37. The second kappa shape index (κ2) is 6.10. The molecule has 1 heterocycles. The summed E-state index contributed by atoms with van der Waals surface area (Å²) in [6.45, 7) is 8.94. The van der Waals surface area contributed by atoms with Gasteiger partial charge in [0.25, 0.3) is 10.0 Å². The maximum absolute atomic E-state index is 12.3. The zero-order valence-electron chi connectivity index (χ0n) is 13.3. The van der Waals surface area contributed by atoms with Gasteiger partial charge in [0.2, 0.25) is 5.09 Å². The number of hydrogen-bond acceptors (Lipinski definition) is 4. The molecule has 1 fully saturated rings. The van der Waals surface area contributed by atoms with Gasteiger partial charge >= 0.3 is 0 Å². The van der Waals surface area contributed by atoms with Crippen LogP contribution >= 0.6 is 0 Å². The normalized spacial score (nSPS) is 22.0. The van der Waals surface area contributed by atoms with Crippen molar-refractivity contribution in [2.24, 2.45) is 5.41 Å². The van der Waals surface area contributed by atoms with E-state index in [1.807, 2.05) is 13.8 Å². The molecule has 0 amide bonds. The summed E-state index contributed by atoms with van der Waals surface area (Å²) in [7, 11) is -3.56. The fourth-order valence-corrected chi connectivity index (χ4v) is 3.94. The van der Waals surface area contributed by atoms with Crippen LogP contribution in [0.15, 0.2) is 21.6 Å². The molecule has 1 aromatic heterocycles. The predicted octanol–water partition coefficient (Wildman–Crippen LogP) is 2.63. The van der Waals surface area contributed by atoms with Gasteiger partial charge < -0.3 is 9.73 Å². The quantitative estimate of drug-likeness (QED) is 0.847. The van der Waals surface area contributed by atoms with Crippen molar-refractivity contribution in [3.8, 4) is 0 Å². The molecule has 0 bridgehead atoms. The van der Waals surface area contributed by atoms with Crippen LogP contribution in [0.2, 0.25) is 0 Å². The zero-order valence-corrected chi connectivity index (χ0v) is 14.1. The SMILES string of the molecule is CC(C)NCc1ccc(S(=O)(=O)NC2CCC(C)(C)C2)o1. The summed E-state index contributed by atoms with van der Waals surface area (Å²) in [5.41, 5.74) is 0.211. The van der Waals surface area contributed by atoms with E-state index >= 15 is 0 Å². The first-order valence-corrected chi connectivity index (χ1v) is 9.01. The molecule has 1 unspecified atom stereocenters. The predicted molar refractivity (Wildman–Crippen MR) is 82.4 cm³/mol. The summed E-state index contributed by atoms with van der Waals surface area (Å²) < 4.78 is 32.9. The molecule has 0 radical (unpaired) electrons. The molecule has 2 rings (SSSR count). The average Bonchev–Trinajstić information content (AvgIpc) is 2.93. The van der Waals surface area contributed by atoms with Crippen LogP contribution in [0.1, 0.15) is 52.7 Å². The molecule has 120 valence electrons. The highest BCUT2D eigenvalue weighted by Gasteiger charge is 2.34. The van der Waals surface area contributed by atoms with E-state index in [0.717, 1.165) is 19.3 Å². The lowest BCUT2D eigenvalue weighted by atomic mass is 9.92. The Labute approximate surface area is 127 Å². The molecule has 0 aromatic carbocycles. The molecule has 1 atom stereocenters. The van der Waals surface area contributed by atoms with Crippen LogP contribution in [0.25, 0.3) is 0 Å². The van der Waals surface area contributed by atoms with Crippen LogP contribution in [-0.2, 0) is 16.6 Å². The highest BCUT2D eigenvalue weighted by molar-refractivity contribution is 7.89. The van der Waals surface area contributed by atoms with Crippen molar-refractivity contribution >= 4 is 10.0 Å². The van der Waals surface area contributed by atoms with Crippen molar-refractivity contribution in [1.29, 1.82) is 0 Å². The summed E-state index contributed by atoms with van der Waals surface area (Å²) in [5.74, 6) is 0.635. The number of nitrogens with one attached hydrogen (secondary N) is 2. The minimum atomic E-state index is -3.56. The summed E-state index contributed by atoms with van der Waals surface area (Å²) >= 11 is 0. The Morgan fingerprint density at radius 2 is 2.10 bits per heavy atom. The topological polar surface area (TPSA) is 71.3 Å². The second-order valence-electron chi connectivity index (χ2n) is 6.98. The fraction of sp³-hybridized carbons (Fsp3) is 0.733. The first-order chi connectivity index (χ1) is 9.68. The zero-order chi connectivity index (χ0) is 15.7. The number of rotatable bonds is 6. The van der Waals surface area contributed by atoms with Crippen molar-refractivity contribution in [2.45, 2.75) is 70.7 Å². The summed E-state index contributed by atoms with van der Waals surface area (Å²) in [4.78, 5) is 0. The number of hydrogen-bond donors (Lipinski definition) is 2. The van der Waals surface area contributed by atoms with Crippen molar-refractivity contribution < 1.29 is 12.8 Å². The van der Waals surface area contributed by atoms with Crippen LogP contribution < -0.4 is 10.0 Å². The molecule has 1 aliphatic carbocycles. The van der Waals surface area contributed by atoms with E-state index in [2.05, 4.69) is 23.9 Å². The Kier molecular flexibility index (Phi) is 4.80. The fourth-order valence-electron chi connectivity index (χ4n) is 2.72. The number of sulfonamides is 1. The van der Waals surface area contributed by atoms with Crippen molar-refractivity contribution in [1.82, 2.24) is 10.0 Å². The first kappa shape index (κ1) is 16.5. The minimum Gasteiger partial charge on any atom is -0.447 e. The largest absolute Gasteiger partial charge is 0.447 e. The van der Waals surface area contributed by atoms with Gasteiger partial charge in [-0.25, -0.2) is 13.1 Å². The molecule has 1 saturated carbocycles. The minimum absolute atomic E-state index is 0.00680. The molecule has 6 heteroatoms. The maximum atomic E-state index is 12.3. The van der Waals surface area contributed by atoms with E-state index in [0.29, 0.717) is 18.3 Å². The first-order valence-electron chi connectivity index (χ1n) is 7.52. The van der Waals surface area contributed by atoms with Gasteiger partial charge in [-0.3, -0.25) is 0 Å². The van der Waals surface area contributed by atoms with Gasteiger partial charge in [-0.05, 0) is 36.8 Å². The van der Waals surface area contributed by atoms with E-state index in [1.165, 1.54) is 6.07 Å². The molecule has 0 aliphatic heterocycles. The van der Waals surface area contributed by atoms with Crippen molar-refractivity contribution in [2.75, 3.05) is 0 Å². The highest BCUT2D eigenvalue weighted by atomic mass is 32.2. The van der Waals surface area contributed by atoms with Gasteiger partial charge in [0, 0.05) is 12.1 Å².